The Kier molecular flexibility index (Phi) is 11.7. The molecule has 1 aromatic rings. The molecule has 0 unspecified atom stereocenters. The van der Waals surface area contributed by atoms with Crippen molar-refractivity contribution in [2.24, 2.45) is 4.99 Å². The van der Waals surface area contributed by atoms with Crippen LogP contribution in [0.25, 0.3) is 0 Å². The highest BCUT2D eigenvalue weighted by atomic mass is 127. The molecule has 0 fully saturated rings. The summed E-state index contributed by atoms with van der Waals surface area (Å²) in [5, 5.41) is 6.71. The molecule has 0 atom stereocenters. The van der Waals surface area contributed by atoms with Crippen LogP contribution in [0.4, 0.5) is 0 Å². The third-order valence-corrected chi connectivity index (χ3v) is 4.60. The summed E-state index contributed by atoms with van der Waals surface area (Å²) in [6.07, 6.45) is 0. The molecule has 23 heavy (non-hydrogen) atoms. The van der Waals surface area contributed by atoms with Crippen LogP contribution in [0.2, 0.25) is 0 Å². The van der Waals surface area contributed by atoms with Crippen LogP contribution in [0.3, 0.4) is 0 Å². The van der Waals surface area contributed by atoms with E-state index in [2.05, 4.69) is 74.7 Å². The Hall–Kier alpha value is -0.470. The first-order chi connectivity index (χ1) is 10.5. The topological polar surface area (TPSA) is 39.7 Å². The van der Waals surface area contributed by atoms with Crippen molar-refractivity contribution < 1.29 is 0 Å². The van der Waals surface area contributed by atoms with Crippen molar-refractivity contribution in [2.45, 2.75) is 31.2 Å². The molecular formula is C17H31IN4S. The van der Waals surface area contributed by atoms with Gasteiger partial charge in [-0.05, 0) is 47.0 Å². The van der Waals surface area contributed by atoms with E-state index in [1.807, 2.05) is 17.8 Å². The number of benzene rings is 1. The van der Waals surface area contributed by atoms with Gasteiger partial charge in [0.1, 0.15) is 0 Å². The van der Waals surface area contributed by atoms with E-state index in [0.29, 0.717) is 0 Å². The Morgan fingerprint density at radius 2 is 1.83 bits per heavy atom. The van der Waals surface area contributed by atoms with E-state index in [0.717, 1.165) is 31.3 Å². The maximum atomic E-state index is 4.69. The van der Waals surface area contributed by atoms with E-state index in [9.17, 15) is 0 Å². The van der Waals surface area contributed by atoms with E-state index in [1.54, 1.807) is 0 Å². The van der Waals surface area contributed by atoms with Crippen molar-refractivity contribution in [1.82, 2.24) is 15.5 Å². The Balaban J connectivity index is 0.00000484. The number of rotatable bonds is 8. The second kappa shape index (κ2) is 12.0. The summed E-state index contributed by atoms with van der Waals surface area (Å²) in [5.74, 6) is 1.91. The van der Waals surface area contributed by atoms with Gasteiger partial charge in [0.2, 0.25) is 0 Å². The number of thioether (sulfide) groups is 1. The minimum Gasteiger partial charge on any atom is -0.357 e. The third kappa shape index (κ3) is 9.42. The minimum absolute atomic E-state index is 0. The van der Waals surface area contributed by atoms with Crippen molar-refractivity contribution in [3.05, 3.63) is 30.3 Å². The summed E-state index contributed by atoms with van der Waals surface area (Å²) < 4.78 is 0. The van der Waals surface area contributed by atoms with Gasteiger partial charge in [-0.2, -0.15) is 0 Å². The molecule has 6 heteroatoms. The van der Waals surface area contributed by atoms with Gasteiger partial charge in [0, 0.05) is 29.3 Å². The molecule has 132 valence electrons. The Labute approximate surface area is 162 Å². The molecular weight excluding hydrogens is 419 g/mol. The number of hydrogen-bond donors (Lipinski definition) is 2. The number of hydrogen-bond acceptors (Lipinski definition) is 3. The summed E-state index contributed by atoms with van der Waals surface area (Å²) in [5.41, 5.74) is 0.0567. The highest BCUT2D eigenvalue weighted by Gasteiger charge is 2.19. The van der Waals surface area contributed by atoms with Gasteiger partial charge in [0.25, 0.3) is 0 Å². The average molecular weight is 450 g/mol. The molecule has 2 N–H and O–H groups in total. The SMILES string of the molecule is CCNC(=NCC(C)(C)N(C)C)NCCSc1ccccc1.I. The van der Waals surface area contributed by atoms with Crippen molar-refractivity contribution in [2.75, 3.05) is 39.5 Å². The van der Waals surface area contributed by atoms with Gasteiger partial charge in [-0.15, -0.1) is 35.7 Å². The summed E-state index contributed by atoms with van der Waals surface area (Å²) in [4.78, 5) is 8.20. The van der Waals surface area contributed by atoms with Crippen molar-refractivity contribution in [3.8, 4) is 0 Å². The zero-order valence-corrected chi connectivity index (χ0v) is 18.1. The predicted octanol–water partition coefficient (Wildman–Crippen LogP) is 3.29. The molecule has 0 spiro atoms. The lowest BCUT2D eigenvalue weighted by molar-refractivity contribution is 0.204. The third-order valence-electron chi connectivity index (χ3n) is 3.59. The number of halogens is 1. The molecule has 0 saturated carbocycles. The first kappa shape index (κ1) is 22.5. The fraction of sp³-hybridized carbons (Fsp3) is 0.588. The molecule has 4 nitrogen and oxygen atoms in total. The lowest BCUT2D eigenvalue weighted by atomic mass is 10.1. The van der Waals surface area contributed by atoms with Gasteiger partial charge < -0.3 is 15.5 Å². The Morgan fingerprint density at radius 3 is 2.39 bits per heavy atom. The summed E-state index contributed by atoms with van der Waals surface area (Å²) in [6.45, 7) is 9.03. The highest BCUT2D eigenvalue weighted by molar-refractivity contribution is 14.0. The maximum Gasteiger partial charge on any atom is 0.191 e. The van der Waals surface area contributed by atoms with E-state index >= 15 is 0 Å². The molecule has 0 radical (unpaired) electrons. The van der Waals surface area contributed by atoms with Crippen molar-refractivity contribution in [3.63, 3.8) is 0 Å². The lowest BCUT2D eigenvalue weighted by Gasteiger charge is -2.31. The van der Waals surface area contributed by atoms with Crippen LogP contribution in [0.5, 0.6) is 0 Å². The number of nitrogens with one attached hydrogen (secondary N) is 2. The fourth-order valence-corrected chi connectivity index (χ4v) is 2.40. The zero-order valence-electron chi connectivity index (χ0n) is 14.9. The smallest absolute Gasteiger partial charge is 0.191 e. The fourth-order valence-electron chi connectivity index (χ4n) is 1.61. The number of guanidine groups is 1. The number of nitrogens with zero attached hydrogens (tertiary/aromatic N) is 2. The van der Waals surface area contributed by atoms with Gasteiger partial charge in [-0.3, -0.25) is 4.99 Å². The van der Waals surface area contributed by atoms with Crippen molar-refractivity contribution >= 4 is 41.7 Å². The second-order valence-electron chi connectivity index (χ2n) is 5.99. The van der Waals surface area contributed by atoms with E-state index in [-0.39, 0.29) is 29.5 Å². The molecule has 0 aliphatic rings. The highest BCUT2D eigenvalue weighted by Crippen LogP contribution is 2.15. The zero-order chi connectivity index (χ0) is 16.4. The molecule has 0 bridgehead atoms. The first-order valence-electron chi connectivity index (χ1n) is 7.83. The van der Waals surface area contributed by atoms with Crippen LogP contribution in [-0.4, -0.2) is 55.9 Å². The quantitative estimate of drug-likeness (QED) is 0.210. The van der Waals surface area contributed by atoms with Crippen LogP contribution in [0, 0.1) is 0 Å². The van der Waals surface area contributed by atoms with Gasteiger partial charge in [0.05, 0.1) is 6.54 Å². The molecule has 0 aliphatic heterocycles. The normalized spacial score (nSPS) is 12.0. The standard InChI is InChI=1S/C17H30N4S.HI/c1-6-18-16(20-14-17(2,3)21(4)5)19-12-13-22-15-10-8-7-9-11-15;/h7-11H,6,12-14H2,1-5H3,(H2,18,19,20);1H. The Bertz CT molecular complexity index is 449. The van der Waals surface area contributed by atoms with Gasteiger partial charge >= 0.3 is 0 Å². The summed E-state index contributed by atoms with van der Waals surface area (Å²) in [6, 6.07) is 10.5. The second-order valence-corrected chi connectivity index (χ2v) is 7.16. The average Bonchev–Trinajstić information content (AvgIpc) is 2.50. The summed E-state index contributed by atoms with van der Waals surface area (Å²) >= 11 is 1.86. The predicted molar refractivity (Wildman–Crippen MR) is 114 cm³/mol. The molecule has 0 aliphatic carbocycles. The summed E-state index contributed by atoms with van der Waals surface area (Å²) in [7, 11) is 4.18. The Morgan fingerprint density at radius 1 is 1.17 bits per heavy atom. The van der Waals surface area contributed by atoms with Gasteiger partial charge in [-0.1, -0.05) is 18.2 Å². The van der Waals surface area contributed by atoms with Crippen LogP contribution >= 0.6 is 35.7 Å². The lowest BCUT2D eigenvalue weighted by Crippen LogP contribution is -2.44. The molecule has 0 heterocycles. The van der Waals surface area contributed by atoms with Crippen LogP contribution in [0.1, 0.15) is 20.8 Å². The van der Waals surface area contributed by atoms with Crippen LogP contribution in [0.15, 0.2) is 40.2 Å². The number of aliphatic imine (C=N–C) groups is 1. The monoisotopic (exact) mass is 450 g/mol. The van der Waals surface area contributed by atoms with Gasteiger partial charge in [0.15, 0.2) is 5.96 Å². The van der Waals surface area contributed by atoms with Crippen molar-refractivity contribution in [1.29, 1.82) is 0 Å². The molecule has 0 aromatic heterocycles. The molecule has 1 aromatic carbocycles. The van der Waals surface area contributed by atoms with E-state index in [4.69, 9.17) is 4.99 Å². The molecule has 0 saturated heterocycles. The first-order valence-corrected chi connectivity index (χ1v) is 8.81. The van der Waals surface area contributed by atoms with Crippen LogP contribution in [-0.2, 0) is 0 Å². The van der Waals surface area contributed by atoms with Crippen LogP contribution < -0.4 is 10.6 Å². The molecule has 1 rings (SSSR count). The van der Waals surface area contributed by atoms with Gasteiger partial charge in [-0.25, -0.2) is 0 Å². The maximum absolute atomic E-state index is 4.69. The largest absolute Gasteiger partial charge is 0.357 e. The minimum atomic E-state index is 0. The molecule has 0 amide bonds. The number of likely N-dealkylation sites (N-methyl/N-ethyl adjacent to an activating group) is 1. The van der Waals surface area contributed by atoms with E-state index < -0.39 is 0 Å². The van der Waals surface area contributed by atoms with E-state index in [1.165, 1.54) is 4.90 Å².